The number of hydrogen-bond acceptors (Lipinski definition) is 6. The summed E-state index contributed by atoms with van der Waals surface area (Å²) in [5.74, 6) is 1.46. The van der Waals surface area contributed by atoms with Crippen LogP contribution < -0.4 is 5.32 Å². The van der Waals surface area contributed by atoms with Gasteiger partial charge in [-0.05, 0) is 13.3 Å². The molecule has 0 spiro atoms. The second-order valence-corrected chi connectivity index (χ2v) is 5.37. The van der Waals surface area contributed by atoms with Gasteiger partial charge in [0, 0.05) is 25.0 Å². The molecule has 3 heterocycles. The predicted octanol–water partition coefficient (Wildman–Crippen LogP) is 1.87. The fraction of sp³-hybridized carbons (Fsp3) is 0.385. The van der Waals surface area contributed by atoms with Crippen molar-refractivity contribution >= 4 is 23.1 Å². The van der Waals surface area contributed by atoms with Crippen LogP contribution in [0, 0.1) is 6.92 Å². The topological polar surface area (TPSA) is 71.0 Å². The quantitative estimate of drug-likeness (QED) is 0.934. The molecule has 7 heteroatoms. The number of anilines is 1. The van der Waals surface area contributed by atoms with E-state index in [2.05, 4.69) is 20.3 Å². The van der Waals surface area contributed by atoms with Crippen molar-refractivity contribution in [2.75, 3.05) is 18.9 Å². The molecular weight excluding hydrogens is 274 g/mol. The highest BCUT2D eigenvalue weighted by molar-refractivity contribution is 7.07. The number of rotatable bonds is 3. The number of hydrogen-bond donors (Lipinski definition) is 1. The van der Waals surface area contributed by atoms with Crippen molar-refractivity contribution in [3.63, 3.8) is 0 Å². The van der Waals surface area contributed by atoms with Crippen LogP contribution in [0.4, 0.5) is 5.82 Å². The summed E-state index contributed by atoms with van der Waals surface area (Å²) in [4.78, 5) is 27.0. The SMILES string of the molecule is CNc1cc([C@@H]2CCN2C(=O)c2cscn2)nc(C)n1. The molecule has 0 saturated carbocycles. The lowest BCUT2D eigenvalue weighted by molar-refractivity contribution is 0.0445. The standard InChI is InChI=1S/C13H15N5OS/c1-8-16-9(5-12(14-2)17-8)11-3-4-18(11)13(19)10-6-20-7-15-10/h5-7,11H,3-4H2,1-2H3,(H,14,16,17)/t11-/m0/s1. The Morgan fingerprint density at radius 2 is 2.35 bits per heavy atom. The van der Waals surface area contributed by atoms with Gasteiger partial charge < -0.3 is 10.2 Å². The molecule has 1 saturated heterocycles. The number of nitrogens with one attached hydrogen (secondary N) is 1. The molecule has 0 radical (unpaired) electrons. The molecule has 20 heavy (non-hydrogen) atoms. The van der Waals surface area contributed by atoms with Gasteiger partial charge in [-0.1, -0.05) is 0 Å². The number of thiazole rings is 1. The van der Waals surface area contributed by atoms with Gasteiger partial charge in [-0.3, -0.25) is 4.79 Å². The van der Waals surface area contributed by atoms with Crippen LogP contribution in [0.25, 0.3) is 0 Å². The van der Waals surface area contributed by atoms with Crippen LogP contribution in [0.15, 0.2) is 17.0 Å². The second kappa shape index (κ2) is 5.16. The van der Waals surface area contributed by atoms with E-state index >= 15 is 0 Å². The van der Waals surface area contributed by atoms with E-state index in [1.165, 1.54) is 11.3 Å². The van der Waals surface area contributed by atoms with Crippen LogP contribution in [-0.2, 0) is 0 Å². The minimum absolute atomic E-state index is 0.0234. The van der Waals surface area contributed by atoms with Crippen LogP contribution in [0.1, 0.15) is 34.5 Å². The third-order valence-corrected chi connectivity index (χ3v) is 3.97. The van der Waals surface area contributed by atoms with Crippen LogP contribution in [-0.4, -0.2) is 39.4 Å². The summed E-state index contributed by atoms with van der Waals surface area (Å²) in [5.41, 5.74) is 3.08. The van der Waals surface area contributed by atoms with Gasteiger partial charge in [-0.25, -0.2) is 15.0 Å². The maximum absolute atomic E-state index is 12.3. The van der Waals surface area contributed by atoms with E-state index in [1.807, 2.05) is 24.9 Å². The summed E-state index contributed by atoms with van der Waals surface area (Å²) < 4.78 is 0. The van der Waals surface area contributed by atoms with Gasteiger partial charge in [0.05, 0.1) is 17.2 Å². The third kappa shape index (κ3) is 2.24. The van der Waals surface area contributed by atoms with Crippen molar-refractivity contribution in [3.05, 3.63) is 34.2 Å². The number of likely N-dealkylation sites (tertiary alicyclic amines) is 1. The van der Waals surface area contributed by atoms with Crippen LogP contribution in [0.5, 0.6) is 0 Å². The van der Waals surface area contributed by atoms with E-state index in [4.69, 9.17) is 0 Å². The molecule has 104 valence electrons. The number of aryl methyl sites for hydroxylation is 1. The molecule has 2 aromatic rings. The summed E-state index contributed by atoms with van der Waals surface area (Å²) in [6, 6.07) is 1.93. The molecule has 6 nitrogen and oxygen atoms in total. The number of amides is 1. The first-order chi connectivity index (χ1) is 9.69. The second-order valence-electron chi connectivity index (χ2n) is 4.65. The van der Waals surface area contributed by atoms with Crippen molar-refractivity contribution in [3.8, 4) is 0 Å². The lowest BCUT2D eigenvalue weighted by Crippen LogP contribution is -2.45. The van der Waals surface area contributed by atoms with Crippen molar-refractivity contribution in [1.29, 1.82) is 0 Å². The molecular formula is C13H15N5OS. The molecule has 1 aliphatic heterocycles. The highest BCUT2D eigenvalue weighted by atomic mass is 32.1. The molecule has 0 unspecified atom stereocenters. The lowest BCUT2D eigenvalue weighted by Gasteiger charge is -2.40. The van der Waals surface area contributed by atoms with E-state index in [0.717, 1.165) is 24.5 Å². The Morgan fingerprint density at radius 1 is 1.50 bits per heavy atom. The molecule has 1 N–H and O–H groups in total. The number of carbonyl (C=O) groups is 1. The van der Waals surface area contributed by atoms with Crippen molar-refractivity contribution in [2.24, 2.45) is 0 Å². The molecule has 1 atom stereocenters. The van der Waals surface area contributed by atoms with Gasteiger partial charge in [0.1, 0.15) is 17.3 Å². The number of nitrogens with zero attached hydrogens (tertiary/aromatic N) is 4. The first-order valence-corrected chi connectivity index (χ1v) is 7.36. The summed E-state index contributed by atoms with van der Waals surface area (Å²) in [7, 11) is 1.82. The highest BCUT2D eigenvalue weighted by Gasteiger charge is 2.35. The Hall–Kier alpha value is -2.02. The predicted molar refractivity (Wildman–Crippen MR) is 76.8 cm³/mol. The third-order valence-electron chi connectivity index (χ3n) is 3.39. The van der Waals surface area contributed by atoms with Gasteiger partial charge in [0.2, 0.25) is 0 Å². The first-order valence-electron chi connectivity index (χ1n) is 6.41. The monoisotopic (exact) mass is 289 g/mol. The maximum atomic E-state index is 12.3. The molecule has 0 bridgehead atoms. The smallest absolute Gasteiger partial charge is 0.273 e. The van der Waals surface area contributed by atoms with E-state index in [1.54, 1.807) is 10.9 Å². The van der Waals surface area contributed by atoms with Crippen molar-refractivity contribution in [2.45, 2.75) is 19.4 Å². The minimum atomic E-state index is -0.0234. The van der Waals surface area contributed by atoms with Gasteiger partial charge in [0.15, 0.2) is 0 Å². The Balaban J connectivity index is 1.84. The Labute approximate surface area is 120 Å². The van der Waals surface area contributed by atoms with E-state index in [0.29, 0.717) is 11.5 Å². The van der Waals surface area contributed by atoms with Gasteiger partial charge in [-0.2, -0.15) is 0 Å². The summed E-state index contributed by atoms with van der Waals surface area (Å²) in [5, 5.41) is 4.80. The largest absolute Gasteiger partial charge is 0.373 e. The summed E-state index contributed by atoms with van der Waals surface area (Å²) >= 11 is 1.43. The first kappa shape index (κ1) is 13.0. The zero-order valence-electron chi connectivity index (χ0n) is 11.3. The van der Waals surface area contributed by atoms with Gasteiger partial charge in [-0.15, -0.1) is 11.3 Å². The van der Waals surface area contributed by atoms with Gasteiger partial charge in [0.25, 0.3) is 5.91 Å². The average Bonchev–Trinajstić information content (AvgIpc) is 2.90. The average molecular weight is 289 g/mol. The summed E-state index contributed by atoms with van der Waals surface area (Å²) in [6.45, 7) is 2.61. The molecule has 1 aliphatic rings. The molecule has 0 aliphatic carbocycles. The maximum Gasteiger partial charge on any atom is 0.273 e. The van der Waals surface area contributed by atoms with Crippen molar-refractivity contribution < 1.29 is 4.79 Å². The minimum Gasteiger partial charge on any atom is -0.373 e. The fourth-order valence-corrected chi connectivity index (χ4v) is 2.82. The van der Waals surface area contributed by atoms with Gasteiger partial charge >= 0.3 is 0 Å². The molecule has 3 rings (SSSR count). The zero-order chi connectivity index (χ0) is 14.1. The summed E-state index contributed by atoms with van der Waals surface area (Å²) in [6.07, 6.45) is 0.926. The van der Waals surface area contributed by atoms with E-state index < -0.39 is 0 Å². The Kier molecular flexibility index (Phi) is 3.35. The van der Waals surface area contributed by atoms with E-state index in [9.17, 15) is 4.79 Å². The van der Waals surface area contributed by atoms with Crippen LogP contribution >= 0.6 is 11.3 Å². The zero-order valence-corrected chi connectivity index (χ0v) is 12.1. The molecule has 2 aromatic heterocycles. The van der Waals surface area contributed by atoms with Crippen LogP contribution in [0.3, 0.4) is 0 Å². The Bertz CT molecular complexity index is 628. The molecule has 0 aromatic carbocycles. The number of aromatic nitrogens is 3. The van der Waals surface area contributed by atoms with E-state index in [-0.39, 0.29) is 11.9 Å². The lowest BCUT2D eigenvalue weighted by atomic mass is 9.98. The molecule has 1 fully saturated rings. The number of carbonyl (C=O) groups excluding carboxylic acids is 1. The Morgan fingerprint density at radius 3 is 2.95 bits per heavy atom. The molecule has 1 amide bonds. The van der Waals surface area contributed by atoms with Crippen molar-refractivity contribution in [1.82, 2.24) is 19.9 Å². The fourth-order valence-electron chi connectivity index (χ4n) is 2.29. The normalized spacial score (nSPS) is 17.7. The van der Waals surface area contributed by atoms with Crippen LogP contribution in [0.2, 0.25) is 0 Å². The highest BCUT2D eigenvalue weighted by Crippen LogP contribution is 2.34.